The van der Waals surface area contributed by atoms with Gasteiger partial charge in [-0.15, -0.1) is 0 Å². The van der Waals surface area contributed by atoms with E-state index in [1.807, 2.05) is 30.3 Å². The van der Waals surface area contributed by atoms with Gasteiger partial charge in [0.1, 0.15) is 0 Å². The Morgan fingerprint density at radius 2 is 1.76 bits per heavy atom. The number of ether oxygens (including phenoxy) is 1. The Morgan fingerprint density at radius 3 is 2.40 bits per heavy atom. The van der Waals surface area contributed by atoms with E-state index in [0.717, 1.165) is 5.56 Å². The maximum Gasteiger partial charge on any atom is 0.314 e. The number of hydrogen-bond acceptors (Lipinski definition) is 5. The normalized spacial score (nSPS) is 12.2. The Kier molecular flexibility index (Phi) is 8.92. The Balaban J connectivity index is 2.30. The molecule has 0 saturated carbocycles. The van der Waals surface area contributed by atoms with Crippen LogP contribution in [0.15, 0.2) is 35.4 Å². The summed E-state index contributed by atoms with van der Waals surface area (Å²) in [5.74, 6) is -1.52. The van der Waals surface area contributed by atoms with Crippen LogP contribution in [0.25, 0.3) is 0 Å². The standard InChI is InChI=1S/C18H25N3O4/c1-4-25-18(24)13(2)14(3)20-21-17(23)11-10-16(22)19-12-15-8-6-5-7-9-15/h5-9,13H,4,10-12H2,1-3H3,(H,19,22)(H,21,23). The molecule has 0 aliphatic heterocycles. The Hall–Kier alpha value is -2.70. The van der Waals surface area contributed by atoms with Crippen molar-refractivity contribution in [1.29, 1.82) is 0 Å². The van der Waals surface area contributed by atoms with Crippen molar-refractivity contribution in [3.8, 4) is 0 Å². The third kappa shape index (κ3) is 8.10. The number of nitrogens with one attached hydrogen (secondary N) is 2. The van der Waals surface area contributed by atoms with Gasteiger partial charge in [-0.25, -0.2) is 5.43 Å². The second-order valence-corrected chi connectivity index (χ2v) is 5.52. The SMILES string of the molecule is CCOC(=O)C(C)C(C)=NNC(=O)CCC(=O)NCc1ccccc1. The lowest BCUT2D eigenvalue weighted by Crippen LogP contribution is -2.27. The second-order valence-electron chi connectivity index (χ2n) is 5.52. The minimum Gasteiger partial charge on any atom is -0.465 e. The first-order valence-electron chi connectivity index (χ1n) is 8.24. The number of rotatable bonds is 9. The van der Waals surface area contributed by atoms with Crippen molar-refractivity contribution in [2.24, 2.45) is 11.0 Å². The van der Waals surface area contributed by atoms with Crippen molar-refractivity contribution >= 4 is 23.5 Å². The van der Waals surface area contributed by atoms with Crippen LogP contribution < -0.4 is 10.7 Å². The minimum absolute atomic E-state index is 0.0190. The zero-order valence-electron chi connectivity index (χ0n) is 14.9. The quantitative estimate of drug-likeness (QED) is 0.404. The molecule has 1 unspecified atom stereocenters. The van der Waals surface area contributed by atoms with E-state index < -0.39 is 11.9 Å². The van der Waals surface area contributed by atoms with E-state index in [0.29, 0.717) is 18.9 Å². The van der Waals surface area contributed by atoms with Crippen LogP contribution in [0.4, 0.5) is 0 Å². The molecule has 0 fully saturated rings. The molecule has 0 bridgehead atoms. The summed E-state index contributed by atoms with van der Waals surface area (Å²) in [6.45, 7) is 5.73. The van der Waals surface area contributed by atoms with Gasteiger partial charge in [0.25, 0.3) is 0 Å². The number of nitrogens with zero attached hydrogens (tertiary/aromatic N) is 1. The van der Waals surface area contributed by atoms with E-state index >= 15 is 0 Å². The van der Waals surface area contributed by atoms with E-state index in [1.165, 1.54) is 0 Å². The molecule has 136 valence electrons. The predicted octanol–water partition coefficient (Wildman–Crippen LogP) is 1.77. The van der Waals surface area contributed by atoms with Gasteiger partial charge >= 0.3 is 5.97 Å². The molecule has 2 amide bonds. The molecule has 7 heteroatoms. The monoisotopic (exact) mass is 347 g/mol. The molecule has 1 aromatic rings. The summed E-state index contributed by atoms with van der Waals surface area (Å²) in [4.78, 5) is 35.0. The maximum atomic E-state index is 11.7. The molecule has 0 spiro atoms. The topological polar surface area (TPSA) is 96.9 Å². The highest BCUT2D eigenvalue weighted by molar-refractivity contribution is 6.00. The van der Waals surface area contributed by atoms with Gasteiger partial charge < -0.3 is 10.1 Å². The highest BCUT2D eigenvalue weighted by atomic mass is 16.5. The van der Waals surface area contributed by atoms with Crippen molar-refractivity contribution in [3.05, 3.63) is 35.9 Å². The van der Waals surface area contributed by atoms with Gasteiger partial charge in [-0.1, -0.05) is 30.3 Å². The molecule has 0 aliphatic carbocycles. The van der Waals surface area contributed by atoms with E-state index in [2.05, 4.69) is 15.8 Å². The summed E-state index contributed by atoms with van der Waals surface area (Å²) < 4.78 is 4.89. The lowest BCUT2D eigenvalue weighted by atomic mass is 10.1. The first kappa shape index (κ1) is 20.3. The second kappa shape index (κ2) is 11.0. The molecule has 2 N–H and O–H groups in total. The Morgan fingerprint density at radius 1 is 1.12 bits per heavy atom. The Bertz CT molecular complexity index is 614. The first-order valence-corrected chi connectivity index (χ1v) is 8.24. The van der Waals surface area contributed by atoms with Crippen LogP contribution in [-0.2, 0) is 25.7 Å². The van der Waals surface area contributed by atoms with Crippen molar-refractivity contribution in [2.45, 2.75) is 40.2 Å². The summed E-state index contributed by atoms with van der Waals surface area (Å²) in [5.41, 5.74) is 3.79. The van der Waals surface area contributed by atoms with Gasteiger partial charge in [-0.2, -0.15) is 5.10 Å². The van der Waals surface area contributed by atoms with Gasteiger partial charge in [0.2, 0.25) is 11.8 Å². The van der Waals surface area contributed by atoms with Crippen molar-refractivity contribution in [3.63, 3.8) is 0 Å². The molecule has 1 atom stereocenters. The molecule has 0 heterocycles. The fourth-order valence-electron chi connectivity index (χ4n) is 1.85. The predicted molar refractivity (Wildman–Crippen MR) is 94.6 cm³/mol. The molecule has 7 nitrogen and oxygen atoms in total. The van der Waals surface area contributed by atoms with Crippen LogP contribution in [0.5, 0.6) is 0 Å². The van der Waals surface area contributed by atoms with Gasteiger partial charge in [0.15, 0.2) is 0 Å². The summed E-state index contributed by atoms with van der Waals surface area (Å²) in [5, 5.41) is 6.63. The number of esters is 1. The summed E-state index contributed by atoms with van der Waals surface area (Å²) >= 11 is 0. The zero-order chi connectivity index (χ0) is 18.7. The zero-order valence-corrected chi connectivity index (χ0v) is 14.9. The van der Waals surface area contributed by atoms with Gasteiger partial charge in [-0.3, -0.25) is 14.4 Å². The molecule has 0 radical (unpaired) electrons. The Labute approximate surface area is 147 Å². The average Bonchev–Trinajstić information content (AvgIpc) is 2.63. The molecule has 1 rings (SSSR count). The lowest BCUT2D eigenvalue weighted by molar-refractivity contribution is -0.145. The van der Waals surface area contributed by atoms with Crippen molar-refractivity contribution < 1.29 is 19.1 Å². The van der Waals surface area contributed by atoms with Crippen LogP contribution in [-0.4, -0.2) is 30.1 Å². The number of carbonyl (C=O) groups is 3. The largest absolute Gasteiger partial charge is 0.465 e. The number of hydrogen-bond donors (Lipinski definition) is 2. The fraction of sp³-hybridized carbons (Fsp3) is 0.444. The van der Waals surface area contributed by atoms with E-state index in [1.54, 1.807) is 20.8 Å². The molecule has 0 saturated heterocycles. The average molecular weight is 347 g/mol. The summed E-state index contributed by atoms with van der Waals surface area (Å²) in [6.07, 6.45) is 0.0891. The van der Waals surface area contributed by atoms with Crippen LogP contribution in [0.1, 0.15) is 39.2 Å². The van der Waals surface area contributed by atoms with E-state index in [-0.39, 0.29) is 24.7 Å². The number of amides is 2. The van der Waals surface area contributed by atoms with E-state index in [9.17, 15) is 14.4 Å². The summed E-state index contributed by atoms with van der Waals surface area (Å²) in [6, 6.07) is 9.52. The highest BCUT2D eigenvalue weighted by Crippen LogP contribution is 2.02. The van der Waals surface area contributed by atoms with E-state index in [4.69, 9.17) is 4.74 Å². The molecular weight excluding hydrogens is 322 g/mol. The van der Waals surface area contributed by atoms with Crippen LogP contribution >= 0.6 is 0 Å². The van der Waals surface area contributed by atoms with Crippen molar-refractivity contribution in [2.75, 3.05) is 6.61 Å². The van der Waals surface area contributed by atoms with Crippen LogP contribution in [0, 0.1) is 5.92 Å². The van der Waals surface area contributed by atoms with Gasteiger partial charge in [0.05, 0.1) is 12.5 Å². The third-order valence-electron chi connectivity index (χ3n) is 3.54. The number of hydrazone groups is 1. The fourth-order valence-corrected chi connectivity index (χ4v) is 1.85. The van der Waals surface area contributed by atoms with Crippen LogP contribution in [0.2, 0.25) is 0 Å². The third-order valence-corrected chi connectivity index (χ3v) is 3.54. The smallest absolute Gasteiger partial charge is 0.314 e. The minimum atomic E-state index is -0.533. The molecule has 0 aromatic heterocycles. The van der Waals surface area contributed by atoms with Gasteiger partial charge in [0, 0.05) is 25.1 Å². The highest BCUT2D eigenvalue weighted by Gasteiger charge is 2.17. The molecule has 1 aromatic carbocycles. The number of carbonyl (C=O) groups excluding carboxylic acids is 3. The summed E-state index contributed by atoms with van der Waals surface area (Å²) in [7, 11) is 0. The molecule has 0 aliphatic rings. The van der Waals surface area contributed by atoms with Crippen LogP contribution in [0.3, 0.4) is 0 Å². The molecular formula is C18H25N3O4. The first-order chi connectivity index (χ1) is 11.9. The van der Waals surface area contributed by atoms with Crippen molar-refractivity contribution in [1.82, 2.24) is 10.7 Å². The maximum absolute atomic E-state index is 11.7. The lowest BCUT2D eigenvalue weighted by Gasteiger charge is -2.10. The number of benzene rings is 1. The molecule has 25 heavy (non-hydrogen) atoms. The van der Waals surface area contributed by atoms with Gasteiger partial charge in [-0.05, 0) is 26.3 Å².